The topological polar surface area (TPSA) is 70.1 Å². The minimum Gasteiger partial charge on any atom is -0.494 e. The molecule has 1 heterocycles. The summed E-state index contributed by atoms with van der Waals surface area (Å²) in [5.74, 6) is -0.692. The van der Waals surface area contributed by atoms with Crippen molar-refractivity contribution >= 4 is 22.8 Å². The molecule has 3 aromatic rings. The number of urea groups is 1. The number of aliphatic carboxylic acids is 1. The lowest BCUT2D eigenvalue weighted by Crippen LogP contribution is -2.31. The first-order chi connectivity index (χ1) is 15.4. The van der Waals surface area contributed by atoms with Crippen LogP contribution in [0.5, 0.6) is 5.75 Å². The van der Waals surface area contributed by atoms with Crippen LogP contribution in [0.2, 0.25) is 0 Å². The van der Waals surface area contributed by atoms with Gasteiger partial charge in [-0.1, -0.05) is 48.5 Å². The first kappa shape index (κ1) is 21.7. The van der Waals surface area contributed by atoms with Gasteiger partial charge in [0.1, 0.15) is 5.75 Å². The second kappa shape index (κ2) is 9.30. The number of ether oxygens (including phenoxy) is 1. The number of carboxylic acids is 1. The molecule has 2 unspecified atom stereocenters. The van der Waals surface area contributed by atoms with Crippen LogP contribution in [0.4, 0.5) is 4.79 Å². The highest BCUT2D eigenvalue weighted by Gasteiger charge is 2.34. The van der Waals surface area contributed by atoms with E-state index in [4.69, 9.17) is 9.84 Å². The minimum atomic E-state index is -0.846. The van der Waals surface area contributed by atoms with Crippen LogP contribution in [0.25, 0.3) is 10.8 Å². The second-order valence-electron chi connectivity index (χ2n) is 8.38. The van der Waals surface area contributed by atoms with Crippen LogP contribution in [0, 0.1) is 0 Å². The lowest BCUT2D eigenvalue weighted by molar-refractivity contribution is -0.138. The summed E-state index contributed by atoms with van der Waals surface area (Å²) >= 11 is 0. The van der Waals surface area contributed by atoms with Crippen LogP contribution >= 0.6 is 0 Å². The predicted octanol–water partition coefficient (Wildman–Crippen LogP) is 4.73. The number of carboxylic acid groups (broad SMARTS) is 1. The molecule has 0 aromatic heterocycles. The molecule has 0 saturated carbocycles. The van der Waals surface area contributed by atoms with E-state index in [0.717, 1.165) is 17.5 Å². The molecule has 6 heteroatoms. The second-order valence-corrected chi connectivity index (χ2v) is 8.38. The normalized spacial score (nSPS) is 17.1. The van der Waals surface area contributed by atoms with Crippen LogP contribution in [-0.2, 0) is 11.3 Å². The van der Waals surface area contributed by atoms with Crippen LogP contribution < -0.4 is 4.74 Å². The van der Waals surface area contributed by atoms with E-state index >= 15 is 0 Å². The standard InChI is InChI=1S/C26H28N2O4/c1-18(25(29)30)20-9-11-24(12-10-20)32-14-13-23-17-28(26(31)27(23)2)16-19-7-8-21-5-3-4-6-22(21)15-19/h3-12,15,18,23H,13-14,16-17H2,1-2H3,(H,29,30). The van der Waals surface area contributed by atoms with Crippen molar-refractivity contribution in [1.82, 2.24) is 9.80 Å². The van der Waals surface area contributed by atoms with Gasteiger partial charge in [0.05, 0.1) is 18.6 Å². The highest BCUT2D eigenvalue weighted by Crippen LogP contribution is 2.23. The summed E-state index contributed by atoms with van der Waals surface area (Å²) in [6, 6.07) is 21.8. The molecule has 2 amide bonds. The van der Waals surface area contributed by atoms with Crippen molar-refractivity contribution in [2.24, 2.45) is 0 Å². The Kier molecular flexibility index (Phi) is 6.30. The van der Waals surface area contributed by atoms with Crippen molar-refractivity contribution in [3.63, 3.8) is 0 Å². The van der Waals surface area contributed by atoms with Crippen LogP contribution in [0.15, 0.2) is 66.7 Å². The van der Waals surface area contributed by atoms with E-state index in [2.05, 4.69) is 30.3 Å². The summed E-state index contributed by atoms with van der Waals surface area (Å²) in [6.45, 7) is 3.41. The molecule has 1 saturated heterocycles. The van der Waals surface area contributed by atoms with Gasteiger partial charge in [0.2, 0.25) is 0 Å². The Morgan fingerprint density at radius 3 is 2.53 bits per heavy atom. The molecule has 0 spiro atoms. The number of rotatable bonds is 8. The maximum atomic E-state index is 12.7. The molecule has 1 fully saturated rings. The van der Waals surface area contributed by atoms with Crippen molar-refractivity contribution in [1.29, 1.82) is 0 Å². The fourth-order valence-corrected chi connectivity index (χ4v) is 4.12. The third-order valence-electron chi connectivity index (χ3n) is 6.21. The van der Waals surface area contributed by atoms with Gasteiger partial charge in [-0.25, -0.2) is 4.79 Å². The fraction of sp³-hybridized carbons (Fsp3) is 0.308. The Morgan fingerprint density at radius 2 is 1.81 bits per heavy atom. The lowest BCUT2D eigenvalue weighted by atomic mass is 10.0. The Bertz CT molecular complexity index is 1110. The SMILES string of the molecule is CC(C(=O)O)c1ccc(OCCC2CN(Cc3ccc4ccccc4c3)C(=O)N2C)cc1. The summed E-state index contributed by atoms with van der Waals surface area (Å²) in [7, 11) is 1.84. The molecule has 0 aliphatic carbocycles. The highest BCUT2D eigenvalue weighted by molar-refractivity contribution is 5.83. The van der Waals surface area contributed by atoms with E-state index in [0.29, 0.717) is 25.4 Å². The number of carbonyl (C=O) groups is 2. The zero-order chi connectivity index (χ0) is 22.7. The van der Waals surface area contributed by atoms with E-state index in [1.165, 1.54) is 10.8 Å². The molecule has 1 aliphatic rings. The quantitative estimate of drug-likeness (QED) is 0.559. The number of hydrogen-bond donors (Lipinski definition) is 1. The summed E-state index contributed by atoms with van der Waals surface area (Å²) in [5.41, 5.74) is 1.87. The van der Waals surface area contributed by atoms with E-state index < -0.39 is 11.9 Å². The molecule has 166 valence electrons. The van der Waals surface area contributed by atoms with Crippen molar-refractivity contribution in [2.75, 3.05) is 20.2 Å². The fourth-order valence-electron chi connectivity index (χ4n) is 4.12. The highest BCUT2D eigenvalue weighted by atomic mass is 16.5. The van der Waals surface area contributed by atoms with Gasteiger partial charge in [0.15, 0.2) is 0 Å². The number of likely N-dealkylation sites (N-methyl/N-ethyl adjacent to an activating group) is 1. The van der Waals surface area contributed by atoms with Gasteiger partial charge in [0.25, 0.3) is 0 Å². The number of nitrogens with zero attached hydrogens (tertiary/aromatic N) is 2. The summed E-state index contributed by atoms with van der Waals surface area (Å²) in [6.07, 6.45) is 0.726. The van der Waals surface area contributed by atoms with Crippen molar-refractivity contribution in [2.45, 2.75) is 31.8 Å². The van der Waals surface area contributed by atoms with Gasteiger partial charge in [-0.05, 0) is 47.0 Å². The Hall–Kier alpha value is -3.54. The van der Waals surface area contributed by atoms with E-state index in [-0.39, 0.29) is 12.1 Å². The molecule has 3 aromatic carbocycles. The monoisotopic (exact) mass is 432 g/mol. The van der Waals surface area contributed by atoms with Gasteiger partial charge in [-0.3, -0.25) is 4.79 Å². The van der Waals surface area contributed by atoms with Gasteiger partial charge < -0.3 is 19.6 Å². The number of benzene rings is 3. The first-order valence-electron chi connectivity index (χ1n) is 10.9. The third-order valence-corrected chi connectivity index (χ3v) is 6.21. The summed E-state index contributed by atoms with van der Waals surface area (Å²) in [4.78, 5) is 27.5. The van der Waals surface area contributed by atoms with Gasteiger partial charge in [-0.2, -0.15) is 0 Å². The maximum Gasteiger partial charge on any atom is 0.320 e. The minimum absolute atomic E-state index is 0.0372. The van der Waals surface area contributed by atoms with Crippen LogP contribution in [0.3, 0.4) is 0 Å². The van der Waals surface area contributed by atoms with E-state index in [9.17, 15) is 9.59 Å². The van der Waals surface area contributed by atoms with Gasteiger partial charge >= 0.3 is 12.0 Å². The van der Waals surface area contributed by atoms with Crippen molar-refractivity contribution < 1.29 is 19.4 Å². The number of hydrogen-bond acceptors (Lipinski definition) is 3. The number of carbonyl (C=O) groups excluding carboxylic acids is 1. The lowest BCUT2D eigenvalue weighted by Gasteiger charge is -2.18. The number of amides is 2. The van der Waals surface area contributed by atoms with Gasteiger partial charge in [-0.15, -0.1) is 0 Å². The zero-order valence-electron chi connectivity index (χ0n) is 18.4. The van der Waals surface area contributed by atoms with Gasteiger partial charge in [0, 0.05) is 26.6 Å². The first-order valence-corrected chi connectivity index (χ1v) is 10.9. The average Bonchev–Trinajstić information content (AvgIpc) is 3.06. The van der Waals surface area contributed by atoms with Crippen LogP contribution in [0.1, 0.15) is 30.4 Å². The average molecular weight is 433 g/mol. The molecular weight excluding hydrogens is 404 g/mol. The molecule has 0 radical (unpaired) electrons. The van der Waals surface area contributed by atoms with Crippen molar-refractivity contribution in [3.05, 3.63) is 77.9 Å². The van der Waals surface area contributed by atoms with Crippen LogP contribution in [-0.4, -0.2) is 53.1 Å². The molecule has 2 atom stereocenters. The largest absolute Gasteiger partial charge is 0.494 e. The summed E-state index contributed by atoms with van der Waals surface area (Å²) < 4.78 is 5.84. The molecule has 1 aliphatic heterocycles. The predicted molar refractivity (Wildman–Crippen MR) is 124 cm³/mol. The Morgan fingerprint density at radius 1 is 1.09 bits per heavy atom. The molecule has 32 heavy (non-hydrogen) atoms. The zero-order valence-corrected chi connectivity index (χ0v) is 18.4. The van der Waals surface area contributed by atoms with E-state index in [1.54, 1.807) is 36.1 Å². The maximum absolute atomic E-state index is 12.7. The van der Waals surface area contributed by atoms with Crippen molar-refractivity contribution in [3.8, 4) is 5.75 Å². The molecule has 6 nitrogen and oxygen atoms in total. The molecule has 4 rings (SSSR count). The number of fused-ring (bicyclic) bond motifs is 1. The summed E-state index contributed by atoms with van der Waals surface area (Å²) in [5, 5.41) is 11.5. The Labute approximate surface area is 188 Å². The Balaban J connectivity index is 1.31. The molecule has 0 bridgehead atoms. The molecular formula is C26H28N2O4. The third kappa shape index (κ3) is 4.69. The van der Waals surface area contributed by atoms with E-state index in [1.807, 2.05) is 24.1 Å². The smallest absolute Gasteiger partial charge is 0.320 e. The molecule has 1 N–H and O–H groups in total.